The van der Waals surface area contributed by atoms with Gasteiger partial charge in [0.2, 0.25) is 10.0 Å². The van der Waals surface area contributed by atoms with Crippen LogP contribution >= 0.6 is 0 Å². The number of esters is 5. The highest BCUT2D eigenvalue weighted by atomic mass is 32.2. The highest BCUT2D eigenvalue weighted by molar-refractivity contribution is 7.89. The van der Waals surface area contributed by atoms with Crippen LogP contribution in [0.15, 0.2) is 47.4 Å². The Kier molecular flexibility index (Phi) is 12.7. The third-order valence-corrected chi connectivity index (χ3v) is 7.68. The highest BCUT2D eigenvalue weighted by Crippen LogP contribution is 2.40. The number of primary sulfonamides is 1. The Bertz CT molecular complexity index is 1570. The SMILES string of the molecule is CCOC(=O)[C@H](C)OC(=O)[C@H](C)OC(=O)[C@H](C)OC(=O)[C@H](C)OC(=O)c1cc(N2CCCC2)c(Oc2ccccc2)c(S(N)(=O)=O)c1. The second kappa shape index (κ2) is 16.2. The zero-order chi connectivity index (χ0) is 34.9. The van der Waals surface area contributed by atoms with Crippen LogP contribution in [-0.4, -0.2) is 82.4 Å². The van der Waals surface area contributed by atoms with Gasteiger partial charge in [-0.25, -0.2) is 37.5 Å². The Morgan fingerprint density at radius 1 is 0.766 bits per heavy atom. The van der Waals surface area contributed by atoms with Crippen molar-refractivity contribution in [1.29, 1.82) is 0 Å². The number of para-hydroxylation sites is 1. The lowest BCUT2D eigenvalue weighted by molar-refractivity contribution is -0.183. The van der Waals surface area contributed by atoms with E-state index >= 15 is 0 Å². The van der Waals surface area contributed by atoms with Gasteiger partial charge in [-0.2, -0.15) is 0 Å². The van der Waals surface area contributed by atoms with Crippen molar-refractivity contribution in [3.8, 4) is 11.5 Å². The fourth-order valence-corrected chi connectivity index (χ4v) is 5.01. The topological polar surface area (TPSA) is 204 Å². The monoisotopic (exact) mass is 678 g/mol. The van der Waals surface area contributed by atoms with E-state index in [0.29, 0.717) is 24.5 Å². The van der Waals surface area contributed by atoms with Gasteiger partial charge < -0.3 is 33.3 Å². The predicted octanol–water partition coefficient (Wildman–Crippen LogP) is 2.63. The maximum Gasteiger partial charge on any atom is 0.348 e. The molecule has 1 aliphatic heterocycles. The van der Waals surface area contributed by atoms with Crippen LogP contribution < -0.4 is 14.8 Å². The summed E-state index contributed by atoms with van der Waals surface area (Å²) >= 11 is 0. The minimum Gasteiger partial charge on any atom is -0.463 e. The molecule has 1 saturated heterocycles. The van der Waals surface area contributed by atoms with Gasteiger partial charge in [0.05, 0.1) is 17.9 Å². The number of carbonyl (C=O) groups excluding carboxylic acids is 5. The Hall–Kier alpha value is -4.70. The van der Waals surface area contributed by atoms with Crippen molar-refractivity contribution >= 4 is 45.6 Å². The van der Waals surface area contributed by atoms with Crippen molar-refractivity contribution in [3.63, 3.8) is 0 Å². The molecule has 0 aromatic heterocycles. The first-order valence-corrected chi connectivity index (χ1v) is 16.3. The number of nitrogens with two attached hydrogens (primary N) is 1. The second-order valence-electron chi connectivity index (χ2n) is 10.5. The van der Waals surface area contributed by atoms with Crippen molar-refractivity contribution in [3.05, 3.63) is 48.0 Å². The molecule has 2 aromatic rings. The van der Waals surface area contributed by atoms with Gasteiger partial charge in [0, 0.05) is 13.1 Å². The summed E-state index contributed by atoms with van der Waals surface area (Å²) in [5.41, 5.74) is 0.0635. The number of sulfonamides is 1. The standard InChI is InChI=1S/C31H38N2O13S/c1-6-41-27(34)18(2)42-28(35)19(3)43-29(36)20(4)44-30(37)21(5)45-31(38)22-16-24(33-14-10-11-15-33)26(25(17-22)47(32,39)40)46-23-12-8-7-9-13-23/h7-9,12-13,16-21H,6,10-11,14-15H2,1-5H3,(H2,32,39,40)/t18-,19-,20-,21-/m0/s1. The van der Waals surface area contributed by atoms with Gasteiger partial charge in [-0.3, -0.25) is 0 Å². The van der Waals surface area contributed by atoms with E-state index in [4.69, 9.17) is 33.6 Å². The smallest absolute Gasteiger partial charge is 0.348 e. The summed E-state index contributed by atoms with van der Waals surface area (Å²) in [6.45, 7) is 7.61. The molecule has 1 fully saturated rings. The first-order chi connectivity index (χ1) is 22.1. The fourth-order valence-electron chi connectivity index (χ4n) is 4.31. The van der Waals surface area contributed by atoms with Gasteiger partial charge in [-0.05, 0) is 71.7 Å². The average Bonchev–Trinajstić information content (AvgIpc) is 3.56. The molecule has 1 heterocycles. The molecule has 0 amide bonds. The first-order valence-electron chi connectivity index (χ1n) is 14.8. The predicted molar refractivity (Wildman–Crippen MR) is 164 cm³/mol. The normalized spacial score (nSPS) is 15.4. The van der Waals surface area contributed by atoms with Crippen LogP contribution in [0.25, 0.3) is 0 Å². The van der Waals surface area contributed by atoms with Crippen LogP contribution in [0.2, 0.25) is 0 Å². The summed E-state index contributed by atoms with van der Waals surface area (Å²) in [4.78, 5) is 63.6. The Morgan fingerprint density at radius 3 is 1.74 bits per heavy atom. The molecule has 256 valence electrons. The van der Waals surface area contributed by atoms with E-state index in [1.165, 1.54) is 33.8 Å². The lowest BCUT2D eigenvalue weighted by Crippen LogP contribution is -2.37. The van der Waals surface area contributed by atoms with Gasteiger partial charge in [0.1, 0.15) is 10.6 Å². The van der Waals surface area contributed by atoms with E-state index in [9.17, 15) is 32.4 Å². The number of nitrogens with zero attached hydrogens (tertiary/aromatic N) is 1. The fraction of sp³-hybridized carbons (Fsp3) is 0.452. The van der Waals surface area contributed by atoms with Crippen molar-refractivity contribution in [2.75, 3.05) is 24.6 Å². The van der Waals surface area contributed by atoms with Gasteiger partial charge in [0.25, 0.3) is 0 Å². The third-order valence-electron chi connectivity index (χ3n) is 6.76. The van der Waals surface area contributed by atoms with Crippen molar-refractivity contribution in [1.82, 2.24) is 0 Å². The van der Waals surface area contributed by atoms with Gasteiger partial charge in [0.15, 0.2) is 30.2 Å². The number of benzene rings is 2. The Labute approximate surface area is 272 Å². The molecule has 4 atom stereocenters. The quantitative estimate of drug-likeness (QED) is 0.225. The molecule has 16 heteroatoms. The van der Waals surface area contributed by atoms with Gasteiger partial charge in [-0.15, -0.1) is 0 Å². The Balaban J connectivity index is 1.71. The molecule has 0 radical (unpaired) electrons. The zero-order valence-corrected chi connectivity index (χ0v) is 27.4. The van der Waals surface area contributed by atoms with Crippen molar-refractivity contribution < 1.29 is 60.8 Å². The van der Waals surface area contributed by atoms with E-state index in [1.807, 2.05) is 4.90 Å². The minimum absolute atomic E-state index is 0.0644. The maximum atomic E-state index is 13.2. The lowest BCUT2D eigenvalue weighted by Gasteiger charge is -2.24. The van der Waals surface area contributed by atoms with Crippen LogP contribution in [-0.2, 0) is 52.9 Å². The molecule has 15 nitrogen and oxygen atoms in total. The summed E-state index contributed by atoms with van der Waals surface area (Å²) in [7, 11) is -4.42. The summed E-state index contributed by atoms with van der Waals surface area (Å²) < 4.78 is 56.3. The summed E-state index contributed by atoms with van der Waals surface area (Å²) in [6, 6.07) is 10.8. The van der Waals surface area contributed by atoms with Crippen LogP contribution in [0.5, 0.6) is 11.5 Å². The van der Waals surface area contributed by atoms with E-state index in [2.05, 4.69) is 0 Å². The van der Waals surface area contributed by atoms with Crippen LogP contribution in [0.4, 0.5) is 5.69 Å². The minimum atomic E-state index is -4.42. The number of ether oxygens (including phenoxy) is 6. The third kappa shape index (κ3) is 10.1. The lowest BCUT2D eigenvalue weighted by atomic mass is 10.1. The number of rotatable bonds is 14. The molecule has 3 rings (SSSR count). The molecular weight excluding hydrogens is 640 g/mol. The summed E-state index contributed by atoms with van der Waals surface area (Å²) in [5.74, 6) is -4.87. The molecular formula is C31H38N2O13S. The van der Waals surface area contributed by atoms with E-state index in [1.54, 1.807) is 37.3 Å². The summed E-state index contributed by atoms with van der Waals surface area (Å²) in [5, 5.41) is 5.54. The molecule has 0 spiro atoms. The molecule has 2 aromatic carbocycles. The second-order valence-corrected chi connectivity index (χ2v) is 12.0. The average molecular weight is 679 g/mol. The zero-order valence-electron chi connectivity index (χ0n) is 26.6. The molecule has 0 bridgehead atoms. The molecule has 1 aliphatic rings. The number of hydrogen-bond acceptors (Lipinski definition) is 14. The van der Waals surface area contributed by atoms with Crippen LogP contribution in [0.1, 0.15) is 57.8 Å². The first kappa shape index (κ1) is 36.8. The highest BCUT2D eigenvalue weighted by Gasteiger charge is 2.32. The molecule has 2 N–H and O–H groups in total. The number of carbonyl (C=O) groups is 5. The van der Waals surface area contributed by atoms with Crippen LogP contribution in [0, 0.1) is 0 Å². The van der Waals surface area contributed by atoms with Gasteiger partial charge >= 0.3 is 29.8 Å². The molecule has 47 heavy (non-hydrogen) atoms. The molecule has 0 saturated carbocycles. The maximum absolute atomic E-state index is 13.2. The van der Waals surface area contributed by atoms with Gasteiger partial charge in [-0.1, -0.05) is 18.2 Å². The van der Waals surface area contributed by atoms with E-state index < -0.39 is 69.2 Å². The molecule has 0 unspecified atom stereocenters. The number of anilines is 1. The van der Waals surface area contributed by atoms with Crippen LogP contribution in [0.3, 0.4) is 0 Å². The number of hydrogen-bond donors (Lipinski definition) is 1. The van der Waals surface area contributed by atoms with E-state index in [0.717, 1.165) is 18.9 Å². The molecule has 0 aliphatic carbocycles. The van der Waals surface area contributed by atoms with Crippen molar-refractivity contribution in [2.45, 2.75) is 76.8 Å². The largest absolute Gasteiger partial charge is 0.463 e. The Morgan fingerprint density at radius 2 is 1.26 bits per heavy atom. The van der Waals surface area contributed by atoms with E-state index in [-0.39, 0.29) is 17.9 Å². The van der Waals surface area contributed by atoms with Crippen molar-refractivity contribution in [2.24, 2.45) is 5.14 Å². The summed E-state index contributed by atoms with van der Waals surface area (Å²) in [6.07, 6.45) is -4.15.